The second-order valence-electron chi connectivity index (χ2n) is 7.26. The Bertz CT molecular complexity index is 988. The number of hydrogen-bond donors (Lipinski definition) is 1. The molecule has 0 radical (unpaired) electrons. The lowest BCUT2D eigenvalue weighted by molar-refractivity contribution is 0.0781. The van der Waals surface area contributed by atoms with Crippen LogP contribution in [0.25, 0.3) is 10.9 Å². The van der Waals surface area contributed by atoms with Crippen LogP contribution in [0, 0.1) is 0 Å². The highest BCUT2D eigenvalue weighted by atomic mass is 16.5. The molecule has 5 nitrogen and oxygen atoms in total. The number of carbonyl (C=O) groups excluding carboxylic acids is 1. The Morgan fingerprint density at radius 3 is 2.56 bits per heavy atom. The van der Waals surface area contributed by atoms with Gasteiger partial charge in [-0.3, -0.25) is 4.79 Å². The van der Waals surface area contributed by atoms with Crippen molar-refractivity contribution in [2.75, 3.05) is 27.8 Å². The molecule has 1 heterocycles. The van der Waals surface area contributed by atoms with E-state index in [4.69, 9.17) is 9.47 Å². The Kier molecular flexibility index (Phi) is 4.30. The highest BCUT2D eigenvalue weighted by Crippen LogP contribution is 2.51. The van der Waals surface area contributed by atoms with Gasteiger partial charge in [-0.05, 0) is 42.7 Å². The number of amides is 1. The Labute approximate surface area is 158 Å². The number of likely N-dealkylation sites (N-methyl/N-ethyl adjacent to an activating group) is 1. The second kappa shape index (κ2) is 6.65. The van der Waals surface area contributed by atoms with Gasteiger partial charge in [-0.15, -0.1) is 0 Å². The Morgan fingerprint density at radius 2 is 1.85 bits per heavy atom. The monoisotopic (exact) mass is 364 g/mol. The van der Waals surface area contributed by atoms with Gasteiger partial charge in [0.1, 0.15) is 0 Å². The quantitative estimate of drug-likeness (QED) is 0.720. The number of ether oxygens (including phenoxy) is 2. The third-order valence-corrected chi connectivity index (χ3v) is 5.53. The lowest BCUT2D eigenvalue weighted by Crippen LogP contribution is -2.34. The highest BCUT2D eigenvalue weighted by Gasteiger charge is 2.47. The molecule has 3 aromatic rings. The minimum Gasteiger partial charge on any atom is -0.493 e. The molecule has 1 aliphatic rings. The fourth-order valence-corrected chi connectivity index (χ4v) is 3.89. The molecule has 140 valence electrons. The van der Waals surface area contributed by atoms with Crippen LogP contribution in [0.1, 0.15) is 28.8 Å². The van der Waals surface area contributed by atoms with Gasteiger partial charge < -0.3 is 19.4 Å². The summed E-state index contributed by atoms with van der Waals surface area (Å²) in [7, 11) is 5.03. The minimum atomic E-state index is -0.0120. The van der Waals surface area contributed by atoms with E-state index in [1.165, 1.54) is 10.9 Å². The molecule has 1 aromatic heterocycles. The molecule has 0 saturated heterocycles. The van der Waals surface area contributed by atoms with E-state index in [0.717, 1.165) is 18.4 Å². The van der Waals surface area contributed by atoms with Gasteiger partial charge in [0.05, 0.1) is 14.2 Å². The van der Waals surface area contributed by atoms with Gasteiger partial charge in [-0.1, -0.05) is 18.2 Å². The molecular formula is C22H24N2O3. The molecule has 27 heavy (non-hydrogen) atoms. The van der Waals surface area contributed by atoms with E-state index in [1.54, 1.807) is 32.4 Å². The molecule has 0 spiro atoms. The average Bonchev–Trinajstić information content (AvgIpc) is 3.34. The van der Waals surface area contributed by atoms with Crippen molar-refractivity contribution < 1.29 is 14.3 Å². The van der Waals surface area contributed by atoms with Crippen molar-refractivity contribution in [1.82, 2.24) is 9.88 Å². The van der Waals surface area contributed by atoms with E-state index in [9.17, 15) is 4.79 Å². The first-order valence-corrected chi connectivity index (χ1v) is 9.12. The zero-order valence-corrected chi connectivity index (χ0v) is 15.9. The van der Waals surface area contributed by atoms with Gasteiger partial charge >= 0.3 is 0 Å². The van der Waals surface area contributed by atoms with E-state index in [-0.39, 0.29) is 11.3 Å². The number of nitrogens with one attached hydrogen (secondary N) is 1. The predicted octanol–water partition coefficient (Wildman–Crippen LogP) is 3.99. The summed E-state index contributed by atoms with van der Waals surface area (Å²) in [5.41, 5.74) is 3.10. The third kappa shape index (κ3) is 3.03. The molecule has 0 atom stereocenters. The highest BCUT2D eigenvalue weighted by molar-refractivity contribution is 5.95. The van der Waals surface area contributed by atoms with Crippen molar-refractivity contribution in [3.05, 3.63) is 59.8 Å². The number of fused-ring (bicyclic) bond motifs is 1. The number of hydrogen-bond acceptors (Lipinski definition) is 3. The predicted molar refractivity (Wildman–Crippen MR) is 106 cm³/mol. The molecule has 4 rings (SSSR count). The Morgan fingerprint density at radius 1 is 1.11 bits per heavy atom. The number of benzene rings is 2. The molecule has 2 aromatic carbocycles. The van der Waals surface area contributed by atoms with Crippen LogP contribution < -0.4 is 9.47 Å². The summed E-state index contributed by atoms with van der Waals surface area (Å²) in [6.45, 7) is 0.696. The van der Waals surface area contributed by atoms with E-state index in [1.807, 2.05) is 18.0 Å². The fourth-order valence-electron chi connectivity index (χ4n) is 3.89. The number of para-hydroxylation sites is 1. The van der Waals surface area contributed by atoms with E-state index >= 15 is 0 Å². The SMILES string of the molecule is COc1ccc(C(=O)N(C)CC2(c3c[nH]c4ccccc34)CC2)cc1OC. The lowest BCUT2D eigenvalue weighted by Gasteiger charge is -2.24. The first-order valence-electron chi connectivity index (χ1n) is 9.12. The van der Waals surface area contributed by atoms with Crippen LogP contribution in [0.4, 0.5) is 0 Å². The minimum absolute atomic E-state index is 0.0120. The number of H-pyrrole nitrogens is 1. The summed E-state index contributed by atoms with van der Waals surface area (Å²) >= 11 is 0. The van der Waals surface area contributed by atoms with Crippen LogP contribution in [0.5, 0.6) is 11.5 Å². The van der Waals surface area contributed by atoms with Gasteiger partial charge in [0.15, 0.2) is 11.5 Å². The fraction of sp³-hybridized carbons (Fsp3) is 0.318. The molecule has 5 heteroatoms. The average molecular weight is 364 g/mol. The van der Waals surface area contributed by atoms with Crippen LogP contribution in [0.2, 0.25) is 0 Å². The molecule has 1 saturated carbocycles. The first-order chi connectivity index (χ1) is 13.1. The van der Waals surface area contributed by atoms with E-state index in [2.05, 4.69) is 29.4 Å². The topological polar surface area (TPSA) is 54.6 Å². The van der Waals surface area contributed by atoms with Crippen molar-refractivity contribution >= 4 is 16.8 Å². The summed E-state index contributed by atoms with van der Waals surface area (Å²) in [5, 5.41) is 1.25. The maximum Gasteiger partial charge on any atom is 0.253 e. The molecular weight excluding hydrogens is 340 g/mol. The van der Waals surface area contributed by atoms with Gasteiger partial charge in [0.25, 0.3) is 5.91 Å². The Balaban J connectivity index is 1.57. The number of carbonyl (C=O) groups is 1. The van der Waals surface area contributed by atoms with Gasteiger partial charge in [-0.2, -0.15) is 0 Å². The van der Waals surface area contributed by atoms with Crippen LogP contribution in [0.3, 0.4) is 0 Å². The summed E-state index contributed by atoms with van der Waals surface area (Å²) in [4.78, 5) is 18.2. The number of methoxy groups -OCH3 is 2. The van der Waals surface area contributed by atoms with Gasteiger partial charge in [0.2, 0.25) is 0 Å². The lowest BCUT2D eigenvalue weighted by atomic mass is 9.94. The number of aromatic amines is 1. The van der Waals surface area contributed by atoms with Crippen LogP contribution >= 0.6 is 0 Å². The van der Waals surface area contributed by atoms with Gasteiger partial charge in [0, 0.05) is 41.7 Å². The van der Waals surface area contributed by atoms with Crippen molar-refractivity contribution in [2.24, 2.45) is 0 Å². The molecule has 0 unspecified atom stereocenters. The summed E-state index contributed by atoms with van der Waals surface area (Å²) in [6.07, 6.45) is 4.29. The maximum absolute atomic E-state index is 13.0. The largest absolute Gasteiger partial charge is 0.493 e. The number of rotatable bonds is 6. The zero-order valence-electron chi connectivity index (χ0n) is 15.9. The molecule has 0 bridgehead atoms. The zero-order chi connectivity index (χ0) is 19.0. The van der Waals surface area contributed by atoms with Crippen molar-refractivity contribution in [2.45, 2.75) is 18.3 Å². The third-order valence-electron chi connectivity index (χ3n) is 5.53. The standard InChI is InChI=1S/C22H24N2O3/c1-24(21(25)15-8-9-19(26-2)20(12-15)27-3)14-22(10-11-22)17-13-23-18-7-5-4-6-16(17)18/h4-9,12-13,23H,10-11,14H2,1-3H3. The molecule has 1 aliphatic carbocycles. The second-order valence-corrected chi connectivity index (χ2v) is 7.26. The summed E-state index contributed by atoms with van der Waals surface area (Å²) in [5.74, 6) is 1.17. The molecule has 0 aliphatic heterocycles. The van der Waals surface area contributed by atoms with E-state index < -0.39 is 0 Å². The van der Waals surface area contributed by atoms with Crippen molar-refractivity contribution in [3.8, 4) is 11.5 Å². The van der Waals surface area contributed by atoms with E-state index in [0.29, 0.717) is 23.6 Å². The van der Waals surface area contributed by atoms with Crippen LogP contribution in [-0.2, 0) is 5.41 Å². The first kappa shape index (κ1) is 17.5. The molecule has 1 fully saturated rings. The maximum atomic E-state index is 13.0. The van der Waals surface area contributed by atoms with Gasteiger partial charge in [-0.25, -0.2) is 0 Å². The van der Waals surface area contributed by atoms with Crippen LogP contribution in [-0.4, -0.2) is 43.6 Å². The number of nitrogens with zero attached hydrogens (tertiary/aromatic N) is 1. The van der Waals surface area contributed by atoms with Crippen molar-refractivity contribution in [3.63, 3.8) is 0 Å². The molecule has 1 amide bonds. The Hall–Kier alpha value is -2.95. The summed E-state index contributed by atoms with van der Waals surface area (Å²) in [6, 6.07) is 13.6. The normalized spacial score (nSPS) is 14.8. The smallest absolute Gasteiger partial charge is 0.253 e. The molecule has 1 N–H and O–H groups in total. The summed E-state index contributed by atoms with van der Waals surface area (Å²) < 4.78 is 10.6. The number of aromatic nitrogens is 1. The van der Waals surface area contributed by atoms with Crippen molar-refractivity contribution in [1.29, 1.82) is 0 Å². The van der Waals surface area contributed by atoms with Crippen LogP contribution in [0.15, 0.2) is 48.7 Å².